The van der Waals surface area contributed by atoms with Crippen LogP contribution in [0.4, 0.5) is 11.8 Å². The number of aromatic nitrogens is 3. The monoisotopic (exact) mass is 317 g/mol. The normalized spacial score (nSPS) is 17.2. The summed E-state index contributed by atoms with van der Waals surface area (Å²) in [5.41, 5.74) is 0.989. The number of nitrogens with zero attached hydrogens (tertiary/aromatic N) is 3. The Morgan fingerprint density at radius 3 is 2.91 bits per heavy atom. The Balaban J connectivity index is 1.67. The molecule has 3 rings (SSSR count). The molecule has 2 aromatic rings. The van der Waals surface area contributed by atoms with Crippen molar-refractivity contribution < 1.29 is 14.1 Å². The average molecular weight is 317 g/mol. The van der Waals surface area contributed by atoms with E-state index < -0.39 is 0 Å². The maximum absolute atomic E-state index is 12.2. The predicted octanol–water partition coefficient (Wildman–Crippen LogP) is 1.73. The molecule has 0 saturated carbocycles. The fourth-order valence-electron chi connectivity index (χ4n) is 2.38. The molecule has 0 bridgehead atoms. The smallest absolute Gasteiger partial charge is 0.270 e. The lowest BCUT2D eigenvalue weighted by atomic mass is 10.2. The molecule has 0 spiro atoms. The molecule has 23 heavy (non-hydrogen) atoms. The van der Waals surface area contributed by atoms with Crippen molar-refractivity contribution in [2.45, 2.75) is 32.8 Å². The van der Waals surface area contributed by atoms with Crippen LogP contribution >= 0.6 is 0 Å². The zero-order valence-electron chi connectivity index (χ0n) is 13.1. The zero-order valence-corrected chi connectivity index (χ0v) is 13.1. The minimum atomic E-state index is -0.245. The number of carbonyl (C=O) groups is 1. The van der Waals surface area contributed by atoms with E-state index in [0.717, 1.165) is 19.4 Å². The van der Waals surface area contributed by atoms with E-state index in [1.165, 1.54) is 0 Å². The van der Waals surface area contributed by atoms with Crippen LogP contribution in [0.15, 0.2) is 16.7 Å². The number of anilines is 2. The summed E-state index contributed by atoms with van der Waals surface area (Å²) in [7, 11) is 0. The van der Waals surface area contributed by atoms with Gasteiger partial charge < -0.3 is 19.9 Å². The van der Waals surface area contributed by atoms with Crippen molar-refractivity contribution >= 4 is 17.7 Å². The van der Waals surface area contributed by atoms with Crippen molar-refractivity contribution in [1.82, 2.24) is 20.4 Å². The average Bonchev–Trinajstić information content (AvgIpc) is 3.16. The van der Waals surface area contributed by atoms with Gasteiger partial charge in [-0.2, -0.15) is 0 Å². The Bertz CT molecular complexity index is 694. The fraction of sp³-hybridized carbons (Fsp3) is 0.467. The number of rotatable bonds is 5. The van der Waals surface area contributed by atoms with Gasteiger partial charge in [-0.3, -0.25) is 4.79 Å². The van der Waals surface area contributed by atoms with Crippen LogP contribution in [0.2, 0.25) is 0 Å². The van der Waals surface area contributed by atoms with Gasteiger partial charge in [0.05, 0.1) is 6.10 Å². The van der Waals surface area contributed by atoms with E-state index in [0.29, 0.717) is 35.5 Å². The van der Waals surface area contributed by atoms with Gasteiger partial charge in [-0.05, 0) is 32.8 Å². The summed E-state index contributed by atoms with van der Waals surface area (Å²) < 4.78 is 10.5. The summed E-state index contributed by atoms with van der Waals surface area (Å²) in [5, 5.41) is 9.59. The third kappa shape index (κ3) is 4.04. The van der Waals surface area contributed by atoms with Crippen LogP contribution in [-0.4, -0.2) is 40.3 Å². The van der Waals surface area contributed by atoms with Gasteiger partial charge in [-0.1, -0.05) is 5.16 Å². The molecule has 2 aromatic heterocycles. The summed E-state index contributed by atoms with van der Waals surface area (Å²) >= 11 is 0. The van der Waals surface area contributed by atoms with Crippen molar-refractivity contribution in [3.63, 3.8) is 0 Å². The molecule has 1 saturated heterocycles. The molecule has 1 amide bonds. The molecular weight excluding hydrogens is 298 g/mol. The van der Waals surface area contributed by atoms with Gasteiger partial charge in [-0.15, -0.1) is 0 Å². The lowest BCUT2D eigenvalue weighted by molar-refractivity contribution is 0.0853. The number of carbonyl (C=O) groups excluding carboxylic acids is 1. The Morgan fingerprint density at radius 1 is 1.35 bits per heavy atom. The Labute approximate surface area is 133 Å². The first-order chi connectivity index (χ1) is 11.1. The van der Waals surface area contributed by atoms with E-state index in [1.54, 1.807) is 26.0 Å². The van der Waals surface area contributed by atoms with E-state index in [1.807, 2.05) is 0 Å². The molecule has 1 unspecified atom stereocenters. The van der Waals surface area contributed by atoms with Crippen molar-refractivity contribution in [3.8, 4) is 0 Å². The maximum atomic E-state index is 12.2. The largest absolute Gasteiger partial charge is 0.376 e. The van der Waals surface area contributed by atoms with Crippen LogP contribution in [0.25, 0.3) is 0 Å². The first kappa shape index (κ1) is 15.4. The molecule has 0 aliphatic carbocycles. The van der Waals surface area contributed by atoms with Gasteiger partial charge >= 0.3 is 0 Å². The first-order valence-corrected chi connectivity index (χ1v) is 7.56. The predicted molar refractivity (Wildman–Crippen MR) is 82.6 cm³/mol. The van der Waals surface area contributed by atoms with E-state index in [2.05, 4.69) is 25.8 Å². The van der Waals surface area contributed by atoms with E-state index in [9.17, 15) is 4.79 Å². The zero-order chi connectivity index (χ0) is 16.2. The Hall–Kier alpha value is -2.48. The minimum Gasteiger partial charge on any atom is -0.376 e. The van der Waals surface area contributed by atoms with Gasteiger partial charge in [0.15, 0.2) is 5.82 Å². The number of hydrogen-bond donors (Lipinski definition) is 2. The second-order valence-electron chi connectivity index (χ2n) is 5.51. The second kappa shape index (κ2) is 6.74. The van der Waals surface area contributed by atoms with Crippen LogP contribution in [0.3, 0.4) is 0 Å². The van der Waals surface area contributed by atoms with Gasteiger partial charge in [0.25, 0.3) is 5.91 Å². The number of amides is 1. The van der Waals surface area contributed by atoms with Crippen LogP contribution in [0.1, 0.15) is 34.8 Å². The van der Waals surface area contributed by atoms with Crippen molar-refractivity contribution in [2.75, 3.05) is 18.5 Å². The van der Waals surface area contributed by atoms with Crippen molar-refractivity contribution in [2.24, 2.45) is 0 Å². The highest BCUT2D eigenvalue weighted by atomic mass is 16.5. The molecule has 1 fully saturated rings. The van der Waals surface area contributed by atoms with Crippen molar-refractivity contribution in [3.05, 3.63) is 29.3 Å². The third-order valence-corrected chi connectivity index (χ3v) is 3.47. The minimum absolute atomic E-state index is 0.0950. The van der Waals surface area contributed by atoms with E-state index in [4.69, 9.17) is 9.26 Å². The Kier molecular flexibility index (Phi) is 4.52. The fourth-order valence-corrected chi connectivity index (χ4v) is 2.38. The highest BCUT2D eigenvalue weighted by Crippen LogP contribution is 2.14. The molecule has 8 nitrogen and oxygen atoms in total. The molecule has 0 aromatic carbocycles. The lowest BCUT2D eigenvalue weighted by Crippen LogP contribution is -2.32. The van der Waals surface area contributed by atoms with Gasteiger partial charge in [0, 0.05) is 24.9 Å². The summed E-state index contributed by atoms with van der Waals surface area (Å²) in [5.74, 6) is 1.24. The van der Waals surface area contributed by atoms with Crippen LogP contribution in [0.5, 0.6) is 0 Å². The van der Waals surface area contributed by atoms with Gasteiger partial charge in [-0.25, -0.2) is 9.97 Å². The molecular formula is C15H19N5O3. The van der Waals surface area contributed by atoms with Crippen LogP contribution in [-0.2, 0) is 4.74 Å². The van der Waals surface area contributed by atoms with E-state index >= 15 is 0 Å². The number of ether oxygens (including phenoxy) is 1. The van der Waals surface area contributed by atoms with E-state index in [-0.39, 0.29) is 12.0 Å². The molecule has 0 radical (unpaired) electrons. The molecule has 122 valence electrons. The topological polar surface area (TPSA) is 102 Å². The second-order valence-corrected chi connectivity index (χ2v) is 5.51. The number of nitrogens with one attached hydrogen (secondary N) is 2. The summed E-state index contributed by atoms with van der Waals surface area (Å²) in [4.78, 5) is 20.7. The number of hydrogen-bond acceptors (Lipinski definition) is 7. The Morgan fingerprint density at radius 2 is 2.22 bits per heavy atom. The summed E-state index contributed by atoms with van der Waals surface area (Å²) in [6.07, 6.45) is 2.11. The van der Waals surface area contributed by atoms with Gasteiger partial charge in [0.1, 0.15) is 11.5 Å². The maximum Gasteiger partial charge on any atom is 0.270 e. The SMILES string of the molecule is Cc1cc(C(=O)NCC2CCCO2)nc(Nc2cc(C)on2)n1. The molecule has 2 N–H and O–H groups in total. The first-order valence-electron chi connectivity index (χ1n) is 7.56. The lowest BCUT2D eigenvalue weighted by Gasteiger charge is -2.11. The van der Waals surface area contributed by atoms with Crippen LogP contribution in [0, 0.1) is 13.8 Å². The molecule has 1 atom stereocenters. The molecule has 8 heteroatoms. The summed E-state index contributed by atoms with van der Waals surface area (Å²) in [6, 6.07) is 3.37. The quantitative estimate of drug-likeness (QED) is 0.865. The third-order valence-electron chi connectivity index (χ3n) is 3.47. The molecule has 1 aliphatic rings. The van der Waals surface area contributed by atoms with Gasteiger partial charge in [0.2, 0.25) is 5.95 Å². The molecule has 3 heterocycles. The van der Waals surface area contributed by atoms with Crippen LogP contribution < -0.4 is 10.6 Å². The molecule has 1 aliphatic heterocycles. The highest BCUT2D eigenvalue weighted by Gasteiger charge is 2.18. The van der Waals surface area contributed by atoms with Crippen molar-refractivity contribution in [1.29, 1.82) is 0 Å². The number of aryl methyl sites for hydroxylation is 2. The summed E-state index contributed by atoms with van der Waals surface area (Å²) in [6.45, 7) is 4.85. The highest BCUT2D eigenvalue weighted by molar-refractivity contribution is 5.92. The standard InChI is InChI=1S/C15H19N5O3/c1-9-6-12(14(21)16-8-11-4-3-5-22-11)18-15(17-9)19-13-7-10(2)23-20-13/h6-7,11H,3-5,8H2,1-2H3,(H,16,21)(H,17,18,19,20).